The van der Waals surface area contributed by atoms with Crippen LogP contribution in [-0.2, 0) is 11.2 Å². The third kappa shape index (κ3) is 5.26. The normalized spacial score (nSPS) is 11.6. The molecule has 0 heterocycles. The molecule has 2 rings (SSSR count). The molecule has 24 heavy (non-hydrogen) atoms. The van der Waals surface area contributed by atoms with Gasteiger partial charge >= 0.3 is 0 Å². The molecule has 2 aromatic rings. The summed E-state index contributed by atoms with van der Waals surface area (Å²) in [5, 5.41) is 2.84. The third-order valence-electron chi connectivity index (χ3n) is 3.61. The number of rotatable bonds is 8. The number of halogens is 1. The van der Waals surface area contributed by atoms with Crippen LogP contribution in [0.5, 0.6) is 11.5 Å². The lowest BCUT2D eigenvalue weighted by molar-refractivity contribution is -0.127. The first-order valence-electron chi connectivity index (χ1n) is 7.92. The zero-order valence-electron chi connectivity index (χ0n) is 13.9. The fourth-order valence-corrected chi connectivity index (χ4v) is 2.31. The van der Waals surface area contributed by atoms with Crippen molar-refractivity contribution in [2.24, 2.45) is 0 Å². The van der Waals surface area contributed by atoms with E-state index in [1.165, 1.54) is 24.3 Å². The van der Waals surface area contributed by atoms with Gasteiger partial charge in [0, 0.05) is 6.54 Å². The number of aryl methyl sites for hydroxylation is 1. The molecule has 1 N–H and O–H groups in total. The van der Waals surface area contributed by atoms with Crippen LogP contribution in [0.2, 0.25) is 0 Å². The standard InChI is InChI=1S/C19H22FNO3/c1-14(24-17-11-9-16(20)10-12-17)19(22)21-13-5-7-15-6-3-4-8-18(15)23-2/h3-4,6,8-12,14H,5,7,13H2,1-2H3,(H,21,22)/t14-/m1/s1. The SMILES string of the molecule is COc1ccccc1CCCNC(=O)[C@@H](C)Oc1ccc(F)cc1. The molecule has 0 bridgehead atoms. The zero-order valence-corrected chi connectivity index (χ0v) is 13.9. The average molecular weight is 331 g/mol. The van der Waals surface area contributed by atoms with Gasteiger partial charge in [0.15, 0.2) is 6.10 Å². The minimum Gasteiger partial charge on any atom is -0.496 e. The Morgan fingerprint density at radius 3 is 2.58 bits per heavy atom. The maximum absolute atomic E-state index is 12.8. The van der Waals surface area contributed by atoms with E-state index in [4.69, 9.17) is 9.47 Å². The Morgan fingerprint density at radius 2 is 1.88 bits per heavy atom. The highest BCUT2D eigenvalue weighted by atomic mass is 19.1. The van der Waals surface area contributed by atoms with Gasteiger partial charge in [0.1, 0.15) is 17.3 Å². The van der Waals surface area contributed by atoms with Gasteiger partial charge in [0.25, 0.3) is 5.91 Å². The molecule has 128 valence electrons. The Morgan fingerprint density at radius 1 is 1.17 bits per heavy atom. The molecule has 0 aliphatic carbocycles. The van der Waals surface area contributed by atoms with Crippen LogP contribution in [0.4, 0.5) is 4.39 Å². The first kappa shape index (κ1) is 17.8. The summed E-state index contributed by atoms with van der Waals surface area (Å²) in [6.45, 7) is 2.22. The largest absolute Gasteiger partial charge is 0.496 e. The molecule has 0 saturated carbocycles. The topological polar surface area (TPSA) is 47.6 Å². The fourth-order valence-electron chi connectivity index (χ4n) is 2.31. The second-order valence-electron chi connectivity index (χ2n) is 5.42. The number of carbonyl (C=O) groups is 1. The first-order chi connectivity index (χ1) is 11.6. The fraction of sp³-hybridized carbons (Fsp3) is 0.316. The Bertz CT molecular complexity index is 658. The van der Waals surface area contributed by atoms with Crippen molar-refractivity contribution in [3.63, 3.8) is 0 Å². The average Bonchev–Trinajstić information content (AvgIpc) is 2.60. The van der Waals surface area contributed by atoms with E-state index in [1.807, 2.05) is 24.3 Å². The van der Waals surface area contributed by atoms with Crippen LogP contribution >= 0.6 is 0 Å². The van der Waals surface area contributed by atoms with Gasteiger partial charge in [-0.15, -0.1) is 0 Å². The molecule has 1 amide bonds. The van der Waals surface area contributed by atoms with E-state index < -0.39 is 6.10 Å². The van der Waals surface area contributed by atoms with Crippen LogP contribution in [0, 0.1) is 5.82 Å². The lowest BCUT2D eigenvalue weighted by Crippen LogP contribution is -2.36. The van der Waals surface area contributed by atoms with E-state index in [0.29, 0.717) is 12.3 Å². The number of para-hydroxylation sites is 1. The predicted molar refractivity (Wildman–Crippen MR) is 90.8 cm³/mol. The highest BCUT2D eigenvalue weighted by molar-refractivity contribution is 5.80. The van der Waals surface area contributed by atoms with Crippen molar-refractivity contribution in [1.29, 1.82) is 0 Å². The predicted octanol–water partition coefficient (Wildman–Crippen LogP) is 3.35. The quantitative estimate of drug-likeness (QED) is 0.755. The monoisotopic (exact) mass is 331 g/mol. The van der Waals surface area contributed by atoms with Gasteiger partial charge in [0.2, 0.25) is 0 Å². The van der Waals surface area contributed by atoms with Gasteiger partial charge in [-0.2, -0.15) is 0 Å². The summed E-state index contributed by atoms with van der Waals surface area (Å²) in [4.78, 5) is 12.0. The summed E-state index contributed by atoms with van der Waals surface area (Å²) in [6.07, 6.45) is 0.981. The van der Waals surface area contributed by atoms with Crippen molar-refractivity contribution in [2.75, 3.05) is 13.7 Å². The zero-order chi connectivity index (χ0) is 17.4. The number of hydrogen-bond acceptors (Lipinski definition) is 3. The summed E-state index contributed by atoms with van der Waals surface area (Å²) in [7, 11) is 1.65. The number of methoxy groups -OCH3 is 1. The van der Waals surface area contributed by atoms with Crippen molar-refractivity contribution in [2.45, 2.75) is 25.9 Å². The Labute approximate surface area is 141 Å². The van der Waals surface area contributed by atoms with E-state index in [1.54, 1.807) is 14.0 Å². The Balaban J connectivity index is 1.73. The molecule has 0 aliphatic rings. The molecule has 0 spiro atoms. The highest BCUT2D eigenvalue weighted by Gasteiger charge is 2.14. The molecule has 0 saturated heterocycles. The molecular weight excluding hydrogens is 309 g/mol. The molecule has 5 heteroatoms. The highest BCUT2D eigenvalue weighted by Crippen LogP contribution is 2.18. The smallest absolute Gasteiger partial charge is 0.260 e. The minimum absolute atomic E-state index is 0.195. The van der Waals surface area contributed by atoms with Crippen LogP contribution in [-0.4, -0.2) is 25.7 Å². The third-order valence-corrected chi connectivity index (χ3v) is 3.61. The number of amides is 1. The van der Waals surface area contributed by atoms with E-state index in [9.17, 15) is 9.18 Å². The van der Waals surface area contributed by atoms with Gasteiger partial charge in [-0.1, -0.05) is 18.2 Å². The number of ether oxygens (including phenoxy) is 2. The maximum atomic E-state index is 12.8. The van der Waals surface area contributed by atoms with Gasteiger partial charge in [-0.3, -0.25) is 4.79 Å². The van der Waals surface area contributed by atoms with Crippen molar-refractivity contribution in [3.8, 4) is 11.5 Å². The summed E-state index contributed by atoms with van der Waals surface area (Å²) in [5.41, 5.74) is 1.12. The Kier molecular flexibility index (Phi) is 6.61. The summed E-state index contributed by atoms with van der Waals surface area (Å²) in [6, 6.07) is 13.4. The molecule has 0 radical (unpaired) electrons. The van der Waals surface area contributed by atoms with Gasteiger partial charge in [-0.05, 0) is 55.7 Å². The lowest BCUT2D eigenvalue weighted by atomic mass is 10.1. The molecule has 2 aromatic carbocycles. The van der Waals surface area contributed by atoms with E-state index in [0.717, 1.165) is 24.2 Å². The van der Waals surface area contributed by atoms with Crippen LogP contribution in [0.3, 0.4) is 0 Å². The van der Waals surface area contributed by atoms with Crippen LogP contribution in [0.25, 0.3) is 0 Å². The molecule has 0 fully saturated rings. The number of hydrogen-bond donors (Lipinski definition) is 1. The molecule has 1 atom stereocenters. The molecule has 0 aromatic heterocycles. The molecular formula is C19H22FNO3. The number of carbonyl (C=O) groups excluding carboxylic acids is 1. The van der Waals surface area contributed by atoms with Gasteiger partial charge in [0.05, 0.1) is 7.11 Å². The van der Waals surface area contributed by atoms with Gasteiger partial charge in [-0.25, -0.2) is 4.39 Å². The lowest BCUT2D eigenvalue weighted by Gasteiger charge is -2.15. The molecule has 0 unspecified atom stereocenters. The molecule has 4 nitrogen and oxygen atoms in total. The Hall–Kier alpha value is -2.56. The van der Waals surface area contributed by atoms with E-state index >= 15 is 0 Å². The van der Waals surface area contributed by atoms with Crippen molar-refractivity contribution in [1.82, 2.24) is 5.32 Å². The maximum Gasteiger partial charge on any atom is 0.260 e. The second-order valence-corrected chi connectivity index (χ2v) is 5.42. The van der Waals surface area contributed by atoms with Crippen molar-refractivity contribution in [3.05, 3.63) is 59.9 Å². The summed E-state index contributed by atoms with van der Waals surface area (Å²) >= 11 is 0. The first-order valence-corrected chi connectivity index (χ1v) is 7.92. The second kappa shape index (κ2) is 8.91. The number of benzene rings is 2. The van der Waals surface area contributed by atoms with Crippen molar-refractivity contribution >= 4 is 5.91 Å². The van der Waals surface area contributed by atoms with E-state index in [2.05, 4.69) is 5.32 Å². The van der Waals surface area contributed by atoms with Crippen molar-refractivity contribution < 1.29 is 18.7 Å². The van der Waals surface area contributed by atoms with Gasteiger partial charge < -0.3 is 14.8 Å². The van der Waals surface area contributed by atoms with Crippen LogP contribution in [0.15, 0.2) is 48.5 Å². The van der Waals surface area contributed by atoms with Crippen LogP contribution in [0.1, 0.15) is 18.9 Å². The molecule has 0 aliphatic heterocycles. The van der Waals surface area contributed by atoms with Crippen LogP contribution < -0.4 is 14.8 Å². The summed E-state index contributed by atoms with van der Waals surface area (Å²) in [5.74, 6) is 0.792. The minimum atomic E-state index is -0.637. The van der Waals surface area contributed by atoms with E-state index in [-0.39, 0.29) is 11.7 Å². The number of nitrogens with one attached hydrogen (secondary N) is 1. The summed E-state index contributed by atoms with van der Waals surface area (Å²) < 4.78 is 23.6.